The van der Waals surface area contributed by atoms with Crippen molar-refractivity contribution in [1.29, 1.82) is 0 Å². The molecule has 0 radical (unpaired) electrons. The number of carbonyl (C=O) groups excluding carboxylic acids is 2. The first-order chi connectivity index (χ1) is 17.6. The number of sulfonamides is 1. The Hall–Kier alpha value is -3.20. The number of ether oxygens (including phenoxy) is 1. The molecule has 0 atom stereocenters. The van der Waals surface area contributed by atoms with E-state index in [1.54, 1.807) is 31.2 Å². The molecule has 0 spiro atoms. The highest BCUT2D eigenvalue weighted by Gasteiger charge is 2.52. The summed E-state index contributed by atoms with van der Waals surface area (Å²) in [6.45, 7) is 3.70. The molecule has 194 valence electrons. The van der Waals surface area contributed by atoms with Crippen LogP contribution in [0.4, 0.5) is 5.69 Å². The number of amides is 1. The van der Waals surface area contributed by atoms with E-state index in [4.69, 9.17) is 16.3 Å². The molecule has 9 heteroatoms. The number of nitrogens with zero attached hydrogens (tertiary/aromatic N) is 1. The van der Waals surface area contributed by atoms with Gasteiger partial charge in [-0.25, -0.2) is 8.42 Å². The highest BCUT2D eigenvalue weighted by molar-refractivity contribution is 7.89. The highest BCUT2D eigenvalue weighted by atomic mass is 35.5. The fraction of sp³-hybridized carbons (Fsp3) is 0.286. The molecule has 0 bridgehead atoms. The first-order valence-electron chi connectivity index (χ1n) is 12.0. The average Bonchev–Trinajstić information content (AvgIpc) is 3.68. The van der Waals surface area contributed by atoms with Crippen LogP contribution in [-0.2, 0) is 36.3 Å². The van der Waals surface area contributed by atoms with Gasteiger partial charge in [0.15, 0.2) is 0 Å². The van der Waals surface area contributed by atoms with E-state index in [2.05, 4.69) is 5.32 Å². The summed E-state index contributed by atoms with van der Waals surface area (Å²) in [6.07, 6.45) is 1.46. The molecular formula is C28H29ClN2O5S. The Kier molecular flexibility index (Phi) is 8.02. The van der Waals surface area contributed by atoms with Crippen LogP contribution in [0.25, 0.3) is 0 Å². The summed E-state index contributed by atoms with van der Waals surface area (Å²) in [5.41, 5.74) is 2.56. The van der Waals surface area contributed by atoms with Crippen LogP contribution in [0.15, 0.2) is 77.7 Å². The predicted octanol–water partition coefficient (Wildman–Crippen LogP) is 5.07. The van der Waals surface area contributed by atoms with Crippen molar-refractivity contribution < 1.29 is 22.7 Å². The second-order valence-electron chi connectivity index (χ2n) is 9.14. The van der Waals surface area contributed by atoms with Crippen molar-refractivity contribution >= 4 is 39.2 Å². The molecule has 3 aromatic rings. The third-order valence-electron chi connectivity index (χ3n) is 6.39. The zero-order chi connectivity index (χ0) is 26.6. The number of halogens is 1. The largest absolute Gasteiger partial charge is 0.465 e. The summed E-state index contributed by atoms with van der Waals surface area (Å²) in [5.74, 6) is -0.713. The SMILES string of the molecule is CCOC(=O)C1(c2ccc(NC(=O)CN(Cc3ccc(C)cc3)S(=O)(=O)c3ccc(Cl)cc3)cc2)CC1. The van der Waals surface area contributed by atoms with Gasteiger partial charge in [0, 0.05) is 17.3 Å². The van der Waals surface area contributed by atoms with Gasteiger partial charge in [-0.15, -0.1) is 0 Å². The number of benzene rings is 3. The lowest BCUT2D eigenvalue weighted by Crippen LogP contribution is -2.37. The Morgan fingerprint density at radius 2 is 1.59 bits per heavy atom. The number of hydrogen-bond donors (Lipinski definition) is 1. The van der Waals surface area contributed by atoms with Crippen molar-refractivity contribution in [1.82, 2.24) is 4.31 Å². The second kappa shape index (κ2) is 11.0. The number of nitrogens with one attached hydrogen (secondary N) is 1. The molecule has 1 aliphatic rings. The molecule has 4 rings (SSSR count). The number of hydrogen-bond acceptors (Lipinski definition) is 5. The van der Waals surface area contributed by atoms with Gasteiger partial charge in [0.2, 0.25) is 15.9 Å². The van der Waals surface area contributed by atoms with Gasteiger partial charge in [0.1, 0.15) is 0 Å². The predicted molar refractivity (Wildman–Crippen MR) is 143 cm³/mol. The van der Waals surface area contributed by atoms with Crippen LogP contribution in [0.2, 0.25) is 5.02 Å². The van der Waals surface area contributed by atoms with Crippen molar-refractivity contribution in [2.45, 2.75) is 43.5 Å². The van der Waals surface area contributed by atoms with Crippen LogP contribution in [0, 0.1) is 6.92 Å². The summed E-state index contributed by atoms with van der Waals surface area (Å²) in [5, 5.41) is 3.19. The van der Waals surface area contributed by atoms with Crippen molar-refractivity contribution in [3.05, 3.63) is 94.5 Å². The van der Waals surface area contributed by atoms with Crippen LogP contribution >= 0.6 is 11.6 Å². The summed E-state index contributed by atoms with van der Waals surface area (Å²) in [7, 11) is -3.98. The Balaban J connectivity index is 1.51. The van der Waals surface area contributed by atoms with Gasteiger partial charge in [-0.3, -0.25) is 9.59 Å². The molecule has 7 nitrogen and oxygen atoms in total. The number of carbonyl (C=O) groups is 2. The van der Waals surface area contributed by atoms with E-state index in [1.807, 2.05) is 31.2 Å². The normalized spacial score (nSPS) is 14.3. The highest BCUT2D eigenvalue weighted by Crippen LogP contribution is 2.49. The topological polar surface area (TPSA) is 92.8 Å². The molecule has 0 saturated heterocycles. The molecule has 3 aromatic carbocycles. The molecule has 1 N–H and O–H groups in total. The van der Waals surface area contributed by atoms with Crippen molar-refractivity contribution in [3.8, 4) is 0 Å². The summed E-state index contributed by atoms with van der Waals surface area (Å²) >= 11 is 5.94. The van der Waals surface area contributed by atoms with Crippen LogP contribution in [-0.4, -0.2) is 37.8 Å². The Labute approximate surface area is 222 Å². The summed E-state index contributed by atoms with van der Waals surface area (Å²) in [4.78, 5) is 25.4. The first-order valence-corrected chi connectivity index (χ1v) is 13.8. The minimum absolute atomic E-state index is 0.0274. The van der Waals surface area contributed by atoms with E-state index < -0.39 is 21.3 Å². The van der Waals surface area contributed by atoms with E-state index in [1.165, 1.54) is 24.3 Å². The van der Waals surface area contributed by atoms with E-state index in [0.717, 1.165) is 33.8 Å². The van der Waals surface area contributed by atoms with Crippen molar-refractivity contribution in [2.75, 3.05) is 18.5 Å². The van der Waals surface area contributed by atoms with Gasteiger partial charge in [-0.1, -0.05) is 53.6 Å². The lowest BCUT2D eigenvalue weighted by Gasteiger charge is -2.22. The van der Waals surface area contributed by atoms with Gasteiger partial charge in [-0.05, 0) is 74.2 Å². The molecule has 1 aliphatic carbocycles. The maximum atomic E-state index is 13.4. The third-order valence-corrected chi connectivity index (χ3v) is 8.45. The molecule has 37 heavy (non-hydrogen) atoms. The fourth-order valence-corrected chi connectivity index (χ4v) is 5.63. The van der Waals surface area contributed by atoms with Crippen LogP contribution < -0.4 is 5.32 Å². The molecule has 1 amide bonds. The maximum absolute atomic E-state index is 13.4. The molecule has 0 heterocycles. The third kappa shape index (κ3) is 6.21. The van der Waals surface area contributed by atoms with E-state index >= 15 is 0 Å². The number of rotatable bonds is 10. The zero-order valence-corrected chi connectivity index (χ0v) is 22.3. The number of anilines is 1. The van der Waals surface area contributed by atoms with Gasteiger partial charge >= 0.3 is 5.97 Å². The molecule has 1 saturated carbocycles. The zero-order valence-electron chi connectivity index (χ0n) is 20.7. The van der Waals surface area contributed by atoms with E-state index in [-0.39, 0.29) is 24.0 Å². The lowest BCUT2D eigenvalue weighted by atomic mass is 9.96. The first kappa shape index (κ1) is 26.9. The number of aryl methyl sites for hydroxylation is 1. The number of esters is 1. The maximum Gasteiger partial charge on any atom is 0.316 e. The van der Waals surface area contributed by atoms with Gasteiger partial charge in [0.25, 0.3) is 0 Å². The van der Waals surface area contributed by atoms with Crippen LogP contribution in [0.3, 0.4) is 0 Å². The Morgan fingerprint density at radius 1 is 0.973 bits per heavy atom. The Bertz CT molecular complexity index is 1370. The standard InChI is InChI=1S/C28H29ClN2O5S/c1-3-36-27(33)28(16-17-28)22-8-12-24(13-9-22)30-26(32)19-31(18-21-6-4-20(2)5-7-21)37(34,35)25-14-10-23(29)11-15-25/h4-15H,3,16-19H2,1-2H3,(H,30,32). The molecule has 1 fully saturated rings. The fourth-order valence-electron chi connectivity index (χ4n) is 4.12. The summed E-state index contributed by atoms with van der Waals surface area (Å²) < 4.78 is 33.2. The van der Waals surface area contributed by atoms with Crippen LogP contribution in [0.5, 0.6) is 0 Å². The summed E-state index contributed by atoms with van der Waals surface area (Å²) in [6, 6.07) is 20.4. The molecular weight excluding hydrogens is 512 g/mol. The molecule has 0 aliphatic heterocycles. The molecule has 0 aromatic heterocycles. The van der Waals surface area contributed by atoms with Gasteiger partial charge in [0.05, 0.1) is 23.5 Å². The van der Waals surface area contributed by atoms with Crippen molar-refractivity contribution in [2.24, 2.45) is 0 Å². The van der Waals surface area contributed by atoms with E-state index in [9.17, 15) is 18.0 Å². The quantitative estimate of drug-likeness (QED) is 0.362. The lowest BCUT2D eigenvalue weighted by molar-refractivity contribution is -0.146. The van der Waals surface area contributed by atoms with Gasteiger partial charge in [-0.2, -0.15) is 4.31 Å². The molecule has 0 unspecified atom stereocenters. The van der Waals surface area contributed by atoms with Gasteiger partial charge < -0.3 is 10.1 Å². The monoisotopic (exact) mass is 540 g/mol. The van der Waals surface area contributed by atoms with Crippen LogP contribution in [0.1, 0.15) is 36.5 Å². The Morgan fingerprint density at radius 3 is 2.16 bits per heavy atom. The minimum Gasteiger partial charge on any atom is -0.465 e. The second-order valence-corrected chi connectivity index (χ2v) is 11.5. The average molecular weight is 541 g/mol. The van der Waals surface area contributed by atoms with E-state index in [0.29, 0.717) is 17.3 Å². The smallest absolute Gasteiger partial charge is 0.316 e. The van der Waals surface area contributed by atoms with Crippen molar-refractivity contribution in [3.63, 3.8) is 0 Å². The minimum atomic E-state index is -3.98.